The standard InChI is InChI=1S/C8H12N4S/c1-8(2)3-4(8)5-10-6(9)12-7(13)11-5/h4H,3H2,1-2H3,(H3,9,10,11,12,13). The van der Waals surface area contributed by atoms with Crippen LogP contribution < -0.4 is 5.73 Å². The Hall–Kier alpha value is -0.970. The first-order chi connectivity index (χ1) is 5.99. The van der Waals surface area contributed by atoms with E-state index in [1.165, 1.54) is 0 Å². The van der Waals surface area contributed by atoms with Gasteiger partial charge in [0.05, 0.1) is 0 Å². The van der Waals surface area contributed by atoms with Gasteiger partial charge in [0.2, 0.25) is 10.7 Å². The van der Waals surface area contributed by atoms with Gasteiger partial charge in [-0.05, 0) is 24.1 Å². The highest BCUT2D eigenvalue weighted by Gasteiger charge is 2.48. The molecule has 5 heteroatoms. The third-order valence-electron chi connectivity index (χ3n) is 2.53. The molecule has 2 rings (SSSR count). The van der Waals surface area contributed by atoms with E-state index in [2.05, 4.69) is 28.8 Å². The minimum atomic E-state index is 0.328. The molecule has 1 heterocycles. The fraction of sp³-hybridized carbons (Fsp3) is 0.625. The second kappa shape index (κ2) is 2.51. The van der Waals surface area contributed by atoms with Crippen molar-refractivity contribution in [3.63, 3.8) is 0 Å². The van der Waals surface area contributed by atoms with Crippen LogP contribution in [0.15, 0.2) is 0 Å². The van der Waals surface area contributed by atoms with E-state index in [4.69, 9.17) is 18.0 Å². The van der Waals surface area contributed by atoms with Crippen molar-refractivity contribution in [3.8, 4) is 0 Å². The molecule has 1 aromatic rings. The molecule has 70 valence electrons. The second-order valence-corrected chi connectivity index (χ2v) is 4.51. The molecule has 0 radical (unpaired) electrons. The summed E-state index contributed by atoms with van der Waals surface area (Å²) in [7, 11) is 0. The summed E-state index contributed by atoms with van der Waals surface area (Å²) in [4.78, 5) is 10.9. The molecule has 0 spiro atoms. The summed E-state index contributed by atoms with van der Waals surface area (Å²) >= 11 is 4.89. The van der Waals surface area contributed by atoms with Crippen LogP contribution in [0.25, 0.3) is 0 Å². The third-order valence-corrected chi connectivity index (χ3v) is 2.71. The molecule has 3 N–H and O–H groups in total. The van der Waals surface area contributed by atoms with Gasteiger partial charge in [-0.3, -0.25) is 0 Å². The molecule has 1 unspecified atom stereocenters. The number of aromatic amines is 1. The Bertz CT molecular complexity index is 395. The van der Waals surface area contributed by atoms with E-state index in [0.717, 1.165) is 12.2 Å². The Morgan fingerprint density at radius 1 is 1.54 bits per heavy atom. The highest BCUT2D eigenvalue weighted by atomic mass is 32.1. The highest BCUT2D eigenvalue weighted by Crippen LogP contribution is 2.57. The lowest BCUT2D eigenvalue weighted by atomic mass is 10.1. The zero-order chi connectivity index (χ0) is 9.64. The summed E-state index contributed by atoms with van der Waals surface area (Å²) in [5.74, 6) is 1.69. The quantitative estimate of drug-likeness (QED) is 0.670. The van der Waals surface area contributed by atoms with Crippen molar-refractivity contribution in [2.75, 3.05) is 5.73 Å². The van der Waals surface area contributed by atoms with Gasteiger partial charge in [-0.2, -0.15) is 4.98 Å². The minimum Gasteiger partial charge on any atom is -0.369 e. The Kier molecular flexibility index (Phi) is 1.66. The van der Waals surface area contributed by atoms with E-state index in [9.17, 15) is 0 Å². The molecule has 1 fully saturated rings. The molecule has 1 atom stereocenters. The smallest absolute Gasteiger partial charge is 0.224 e. The van der Waals surface area contributed by atoms with Gasteiger partial charge in [-0.25, -0.2) is 4.98 Å². The molecule has 1 aliphatic carbocycles. The van der Waals surface area contributed by atoms with Crippen molar-refractivity contribution in [2.24, 2.45) is 5.41 Å². The molecule has 0 aliphatic heterocycles. The number of anilines is 1. The van der Waals surface area contributed by atoms with Crippen molar-refractivity contribution in [2.45, 2.75) is 26.2 Å². The maximum Gasteiger partial charge on any atom is 0.224 e. The Morgan fingerprint density at radius 2 is 2.15 bits per heavy atom. The van der Waals surface area contributed by atoms with Crippen LogP contribution in [0.4, 0.5) is 5.95 Å². The summed E-state index contributed by atoms with van der Waals surface area (Å²) in [6.07, 6.45) is 1.13. The van der Waals surface area contributed by atoms with Crippen molar-refractivity contribution in [3.05, 3.63) is 10.6 Å². The van der Waals surface area contributed by atoms with E-state index in [1.54, 1.807) is 0 Å². The number of nitrogens with one attached hydrogen (secondary N) is 1. The summed E-state index contributed by atoms with van der Waals surface area (Å²) in [5, 5.41) is 0. The zero-order valence-corrected chi connectivity index (χ0v) is 8.48. The van der Waals surface area contributed by atoms with Crippen molar-refractivity contribution < 1.29 is 0 Å². The first kappa shape index (κ1) is 8.62. The summed E-state index contributed by atoms with van der Waals surface area (Å²) < 4.78 is 0.328. The van der Waals surface area contributed by atoms with Gasteiger partial charge in [0.1, 0.15) is 5.82 Å². The number of aromatic nitrogens is 3. The Labute approximate surface area is 81.6 Å². The van der Waals surface area contributed by atoms with Crippen molar-refractivity contribution in [1.82, 2.24) is 15.0 Å². The van der Waals surface area contributed by atoms with E-state index in [-0.39, 0.29) is 0 Å². The minimum absolute atomic E-state index is 0.328. The Morgan fingerprint density at radius 3 is 2.62 bits per heavy atom. The molecule has 0 bridgehead atoms. The van der Waals surface area contributed by atoms with Crippen LogP contribution >= 0.6 is 12.2 Å². The topological polar surface area (TPSA) is 67.6 Å². The number of nitrogens with zero attached hydrogens (tertiary/aromatic N) is 2. The van der Waals surface area contributed by atoms with Crippen LogP contribution in [0.1, 0.15) is 32.0 Å². The summed E-state index contributed by atoms with van der Waals surface area (Å²) in [5.41, 5.74) is 5.87. The summed E-state index contributed by atoms with van der Waals surface area (Å²) in [6, 6.07) is 0. The van der Waals surface area contributed by atoms with Crippen LogP contribution in [0.2, 0.25) is 0 Å². The molecule has 1 saturated carbocycles. The molecule has 13 heavy (non-hydrogen) atoms. The molecular formula is C8H12N4S. The first-order valence-electron chi connectivity index (χ1n) is 4.23. The number of H-pyrrole nitrogens is 1. The van der Waals surface area contributed by atoms with Gasteiger partial charge in [0.25, 0.3) is 0 Å². The van der Waals surface area contributed by atoms with E-state index in [1.807, 2.05) is 0 Å². The number of rotatable bonds is 1. The van der Waals surface area contributed by atoms with Gasteiger partial charge in [0, 0.05) is 5.92 Å². The molecule has 1 aromatic heterocycles. The molecule has 0 amide bonds. The number of nitrogens with two attached hydrogens (primary N) is 1. The molecule has 4 nitrogen and oxygen atoms in total. The van der Waals surface area contributed by atoms with Crippen LogP contribution in [-0.4, -0.2) is 15.0 Å². The van der Waals surface area contributed by atoms with Crippen molar-refractivity contribution in [1.29, 1.82) is 0 Å². The average Bonchev–Trinajstić information content (AvgIpc) is 2.57. The first-order valence-corrected chi connectivity index (χ1v) is 4.63. The monoisotopic (exact) mass is 196 g/mol. The van der Waals surface area contributed by atoms with Gasteiger partial charge < -0.3 is 10.7 Å². The second-order valence-electron chi connectivity index (χ2n) is 4.15. The fourth-order valence-electron chi connectivity index (χ4n) is 1.52. The third kappa shape index (κ3) is 1.56. The lowest BCUT2D eigenvalue weighted by molar-refractivity contribution is 0.607. The molecule has 0 saturated heterocycles. The van der Waals surface area contributed by atoms with Crippen LogP contribution in [0.5, 0.6) is 0 Å². The lowest BCUT2D eigenvalue weighted by Crippen LogP contribution is -2.03. The van der Waals surface area contributed by atoms with Crippen molar-refractivity contribution >= 4 is 18.2 Å². The van der Waals surface area contributed by atoms with E-state index in [0.29, 0.717) is 22.1 Å². The highest BCUT2D eigenvalue weighted by molar-refractivity contribution is 7.71. The lowest BCUT2D eigenvalue weighted by Gasteiger charge is -2.03. The largest absolute Gasteiger partial charge is 0.369 e. The van der Waals surface area contributed by atoms with Crippen LogP contribution in [0.3, 0.4) is 0 Å². The average molecular weight is 196 g/mol. The van der Waals surface area contributed by atoms with E-state index < -0.39 is 0 Å². The maximum atomic E-state index is 5.54. The molecule has 0 aromatic carbocycles. The van der Waals surface area contributed by atoms with Crippen LogP contribution in [0, 0.1) is 10.2 Å². The zero-order valence-electron chi connectivity index (χ0n) is 7.66. The number of hydrogen-bond donors (Lipinski definition) is 2. The fourth-order valence-corrected chi connectivity index (χ4v) is 1.71. The number of nitrogen functional groups attached to an aromatic ring is 1. The Balaban J connectivity index is 2.38. The van der Waals surface area contributed by atoms with Gasteiger partial charge in [-0.1, -0.05) is 13.8 Å². The molecule has 1 aliphatic rings. The maximum absolute atomic E-state index is 5.54. The van der Waals surface area contributed by atoms with Gasteiger partial charge in [-0.15, -0.1) is 0 Å². The van der Waals surface area contributed by atoms with Crippen LogP contribution in [-0.2, 0) is 0 Å². The molecular weight excluding hydrogens is 184 g/mol. The normalized spacial score (nSPS) is 24.3. The number of hydrogen-bond acceptors (Lipinski definition) is 4. The van der Waals surface area contributed by atoms with Gasteiger partial charge >= 0.3 is 0 Å². The predicted octanol–water partition coefficient (Wildman–Crippen LogP) is 1.63. The van der Waals surface area contributed by atoms with E-state index >= 15 is 0 Å². The van der Waals surface area contributed by atoms with Gasteiger partial charge in [0.15, 0.2) is 0 Å². The SMILES string of the molecule is CC1(C)CC1c1nc(=S)nc(N)[nH]1. The predicted molar refractivity (Wildman–Crippen MR) is 52.8 cm³/mol. The summed E-state index contributed by atoms with van der Waals surface area (Å²) in [6.45, 7) is 4.40.